The van der Waals surface area contributed by atoms with Crippen molar-refractivity contribution in [2.45, 2.75) is 37.8 Å². The molecule has 2 aromatic rings. The van der Waals surface area contributed by atoms with Crippen molar-refractivity contribution in [3.63, 3.8) is 0 Å². The highest BCUT2D eigenvalue weighted by Crippen LogP contribution is 2.28. The molecule has 2 aromatic heterocycles. The van der Waals surface area contributed by atoms with Crippen molar-refractivity contribution in [1.82, 2.24) is 19.7 Å². The van der Waals surface area contributed by atoms with E-state index in [4.69, 9.17) is 10.5 Å². The Balaban J connectivity index is 1.66. The van der Waals surface area contributed by atoms with E-state index in [1.165, 1.54) is 12.3 Å². The van der Waals surface area contributed by atoms with E-state index < -0.39 is 12.7 Å². The molecule has 10 heteroatoms. The first-order valence-electron chi connectivity index (χ1n) is 7.94. The highest BCUT2D eigenvalue weighted by molar-refractivity contribution is 5.97. The zero-order valence-corrected chi connectivity index (χ0v) is 13.2. The Hall–Kier alpha value is -2.36. The third kappa shape index (κ3) is 3.01. The highest BCUT2D eigenvalue weighted by atomic mass is 19.4. The largest absolute Gasteiger partial charge is 0.408 e. The fraction of sp³-hybridized carbons (Fsp3) is 0.533. The van der Waals surface area contributed by atoms with Crippen molar-refractivity contribution in [2.24, 2.45) is 0 Å². The second-order valence-corrected chi connectivity index (χ2v) is 6.41. The molecule has 2 fully saturated rings. The zero-order chi connectivity index (χ0) is 17.8. The van der Waals surface area contributed by atoms with E-state index in [2.05, 4.69) is 10.1 Å². The summed E-state index contributed by atoms with van der Waals surface area (Å²) < 4.78 is 44.6. The number of carbonyl (C=O) groups is 1. The zero-order valence-electron chi connectivity index (χ0n) is 13.2. The van der Waals surface area contributed by atoms with Crippen LogP contribution in [-0.2, 0) is 11.3 Å². The van der Waals surface area contributed by atoms with Gasteiger partial charge in [0.15, 0.2) is 5.82 Å². The maximum Gasteiger partial charge on any atom is 0.408 e. The lowest BCUT2D eigenvalue weighted by Crippen LogP contribution is -2.46. The Labute approximate surface area is 140 Å². The standard InChI is InChI=1S/C15H16F3N5O2/c16-15(17,18)7-23-12-3-11(20-4-10(12)13(19)21-23)14(24)22-5-8-1-2-9(6-22)25-8/h3-4,8-9H,1-2,5-7H2,(H2,19,21). The quantitative estimate of drug-likeness (QED) is 0.884. The van der Waals surface area contributed by atoms with Crippen LogP contribution in [0.2, 0.25) is 0 Å². The van der Waals surface area contributed by atoms with E-state index in [-0.39, 0.29) is 35.1 Å². The van der Waals surface area contributed by atoms with Gasteiger partial charge in [-0.25, -0.2) is 0 Å². The number of aromatic nitrogens is 3. The van der Waals surface area contributed by atoms with Crippen LogP contribution in [-0.4, -0.2) is 57.0 Å². The summed E-state index contributed by atoms with van der Waals surface area (Å²) in [5, 5.41) is 4.01. The number of anilines is 1. The van der Waals surface area contributed by atoms with Crippen molar-refractivity contribution < 1.29 is 22.7 Å². The fourth-order valence-corrected chi connectivity index (χ4v) is 3.44. The predicted molar refractivity (Wildman–Crippen MR) is 81.8 cm³/mol. The van der Waals surface area contributed by atoms with Gasteiger partial charge in [0.25, 0.3) is 5.91 Å². The van der Waals surface area contributed by atoms with Gasteiger partial charge in [0.2, 0.25) is 0 Å². The Morgan fingerprint density at radius 1 is 1.32 bits per heavy atom. The molecule has 4 rings (SSSR count). The first kappa shape index (κ1) is 16.1. The molecule has 0 spiro atoms. The van der Waals surface area contributed by atoms with Gasteiger partial charge in [0.1, 0.15) is 12.2 Å². The average Bonchev–Trinajstić information content (AvgIpc) is 3.04. The summed E-state index contributed by atoms with van der Waals surface area (Å²) in [5.74, 6) is -0.365. The van der Waals surface area contributed by atoms with Crippen LogP contribution in [0, 0.1) is 0 Å². The van der Waals surface area contributed by atoms with Crippen LogP contribution >= 0.6 is 0 Å². The fourth-order valence-electron chi connectivity index (χ4n) is 3.44. The number of hydrogen-bond donors (Lipinski definition) is 1. The average molecular weight is 355 g/mol. The molecule has 0 saturated carbocycles. The number of nitrogens with zero attached hydrogens (tertiary/aromatic N) is 4. The number of amides is 1. The minimum atomic E-state index is -4.44. The van der Waals surface area contributed by atoms with E-state index >= 15 is 0 Å². The van der Waals surface area contributed by atoms with Gasteiger partial charge in [0.05, 0.1) is 23.1 Å². The van der Waals surface area contributed by atoms with Gasteiger partial charge in [-0.1, -0.05) is 0 Å². The monoisotopic (exact) mass is 355 g/mol. The molecule has 4 heterocycles. The van der Waals surface area contributed by atoms with Gasteiger partial charge < -0.3 is 15.4 Å². The molecule has 0 radical (unpaired) electrons. The molecule has 1 amide bonds. The van der Waals surface area contributed by atoms with Gasteiger partial charge in [-0.05, 0) is 18.9 Å². The number of fused-ring (bicyclic) bond motifs is 3. The minimum absolute atomic E-state index is 0.0258. The van der Waals surface area contributed by atoms with Gasteiger partial charge in [-0.2, -0.15) is 18.3 Å². The third-order valence-corrected chi connectivity index (χ3v) is 4.54. The van der Waals surface area contributed by atoms with Crippen LogP contribution in [0.4, 0.5) is 19.0 Å². The Morgan fingerprint density at radius 3 is 2.64 bits per heavy atom. The summed E-state index contributed by atoms with van der Waals surface area (Å²) in [4.78, 5) is 18.4. The molecule has 0 aliphatic carbocycles. The number of morpholine rings is 1. The van der Waals surface area contributed by atoms with Crippen LogP contribution in [0.25, 0.3) is 10.9 Å². The van der Waals surface area contributed by atoms with Gasteiger partial charge >= 0.3 is 6.18 Å². The number of rotatable bonds is 2. The molecule has 2 N–H and O–H groups in total. The summed E-state index contributed by atoms with van der Waals surface area (Å²) in [7, 11) is 0. The molecule has 2 unspecified atom stereocenters. The molecule has 2 saturated heterocycles. The second-order valence-electron chi connectivity index (χ2n) is 6.41. The van der Waals surface area contributed by atoms with Crippen LogP contribution in [0.3, 0.4) is 0 Å². The molecule has 25 heavy (non-hydrogen) atoms. The lowest BCUT2D eigenvalue weighted by Gasteiger charge is -2.31. The first-order valence-corrected chi connectivity index (χ1v) is 7.94. The van der Waals surface area contributed by atoms with Crippen LogP contribution in [0.1, 0.15) is 23.3 Å². The molecule has 2 bridgehead atoms. The van der Waals surface area contributed by atoms with E-state index in [1.54, 1.807) is 4.90 Å². The van der Waals surface area contributed by atoms with Crippen LogP contribution in [0.5, 0.6) is 0 Å². The molecular weight excluding hydrogens is 339 g/mol. The summed E-state index contributed by atoms with van der Waals surface area (Å²) in [6.45, 7) is -0.335. The third-order valence-electron chi connectivity index (χ3n) is 4.54. The van der Waals surface area contributed by atoms with Gasteiger partial charge in [-0.15, -0.1) is 0 Å². The Kier molecular flexibility index (Phi) is 3.60. The maximum atomic E-state index is 12.7. The van der Waals surface area contributed by atoms with E-state index in [0.717, 1.165) is 17.5 Å². The van der Waals surface area contributed by atoms with E-state index in [1.807, 2.05) is 0 Å². The first-order chi connectivity index (χ1) is 11.8. The molecule has 2 aliphatic rings. The van der Waals surface area contributed by atoms with Gasteiger partial charge in [0, 0.05) is 19.3 Å². The number of nitrogens with two attached hydrogens (primary N) is 1. The number of alkyl halides is 3. The van der Waals surface area contributed by atoms with E-state index in [9.17, 15) is 18.0 Å². The summed E-state index contributed by atoms with van der Waals surface area (Å²) in [5.41, 5.74) is 5.88. The SMILES string of the molecule is Nc1nn(CC(F)(F)F)c2cc(C(=O)N3CC4CCC(C3)O4)ncc12. The Morgan fingerprint density at radius 2 is 2.00 bits per heavy atom. The molecule has 2 atom stereocenters. The number of likely N-dealkylation sites (tertiary alicyclic amines) is 1. The van der Waals surface area contributed by atoms with Crippen LogP contribution in [0.15, 0.2) is 12.3 Å². The predicted octanol–water partition coefficient (Wildman–Crippen LogP) is 1.58. The summed E-state index contributed by atoms with van der Waals surface area (Å²) in [6.07, 6.45) is -1.27. The second kappa shape index (κ2) is 5.58. The molecule has 7 nitrogen and oxygen atoms in total. The molecule has 2 aliphatic heterocycles. The van der Waals surface area contributed by atoms with Crippen molar-refractivity contribution in [3.05, 3.63) is 18.0 Å². The van der Waals surface area contributed by atoms with Crippen LogP contribution < -0.4 is 5.73 Å². The number of halogens is 3. The van der Waals surface area contributed by atoms with Crippen molar-refractivity contribution in [3.8, 4) is 0 Å². The smallest absolute Gasteiger partial charge is 0.382 e. The summed E-state index contributed by atoms with van der Waals surface area (Å²) in [6, 6.07) is 1.32. The van der Waals surface area contributed by atoms with E-state index in [0.29, 0.717) is 18.5 Å². The number of ether oxygens (including phenoxy) is 1. The lowest BCUT2D eigenvalue weighted by molar-refractivity contribution is -0.141. The number of hydrogen-bond acceptors (Lipinski definition) is 5. The minimum Gasteiger partial charge on any atom is -0.382 e. The lowest BCUT2D eigenvalue weighted by atomic mass is 10.2. The number of nitrogen functional groups attached to an aromatic ring is 1. The van der Waals surface area contributed by atoms with Gasteiger partial charge in [-0.3, -0.25) is 14.5 Å². The van der Waals surface area contributed by atoms with Crippen molar-refractivity contribution in [1.29, 1.82) is 0 Å². The van der Waals surface area contributed by atoms with Crippen molar-refractivity contribution >= 4 is 22.6 Å². The maximum absolute atomic E-state index is 12.7. The number of pyridine rings is 1. The molecule has 134 valence electrons. The molecular formula is C15H16F3N5O2. The normalized spacial score (nSPS) is 23.4. The Bertz CT molecular complexity index is 822. The molecule has 0 aromatic carbocycles. The highest BCUT2D eigenvalue weighted by Gasteiger charge is 2.36. The number of carbonyl (C=O) groups excluding carboxylic acids is 1. The summed E-state index contributed by atoms with van der Waals surface area (Å²) >= 11 is 0. The topological polar surface area (TPSA) is 86.3 Å². The van der Waals surface area contributed by atoms with Crippen molar-refractivity contribution in [2.75, 3.05) is 18.8 Å².